The second kappa shape index (κ2) is 3.26. The first kappa shape index (κ1) is 8.96. The SMILES string of the molecule is [O-]c1c[n+](-c2ccc(Cl)c(F)c2)no1. The van der Waals surface area contributed by atoms with Crippen molar-refractivity contribution < 1.29 is 18.7 Å². The van der Waals surface area contributed by atoms with E-state index in [9.17, 15) is 9.50 Å². The second-order valence-electron chi connectivity index (χ2n) is 2.56. The summed E-state index contributed by atoms with van der Waals surface area (Å²) in [6.45, 7) is 0. The molecule has 0 amide bonds. The molecule has 0 radical (unpaired) electrons. The summed E-state index contributed by atoms with van der Waals surface area (Å²) in [5, 5.41) is 14.0. The van der Waals surface area contributed by atoms with Gasteiger partial charge in [0.2, 0.25) is 11.9 Å². The Morgan fingerprint density at radius 3 is 2.86 bits per heavy atom. The lowest BCUT2D eigenvalue weighted by atomic mass is 10.3. The van der Waals surface area contributed by atoms with Crippen LogP contribution in [-0.4, -0.2) is 5.27 Å². The molecule has 0 saturated carbocycles. The van der Waals surface area contributed by atoms with E-state index in [1.54, 1.807) is 0 Å². The van der Waals surface area contributed by atoms with Crippen molar-refractivity contribution in [1.82, 2.24) is 5.27 Å². The highest BCUT2D eigenvalue weighted by Crippen LogP contribution is 2.15. The van der Waals surface area contributed by atoms with Crippen LogP contribution in [0.5, 0.6) is 5.95 Å². The van der Waals surface area contributed by atoms with E-state index in [0.29, 0.717) is 5.69 Å². The maximum atomic E-state index is 13.0. The molecule has 0 bridgehead atoms. The zero-order valence-electron chi connectivity index (χ0n) is 6.78. The van der Waals surface area contributed by atoms with Crippen molar-refractivity contribution in [3.63, 3.8) is 0 Å². The predicted molar refractivity (Wildman–Crippen MR) is 42.4 cm³/mol. The molecule has 0 fully saturated rings. The van der Waals surface area contributed by atoms with E-state index in [1.807, 2.05) is 0 Å². The molecule has 0 unspecified atom stereocenters. The van der Waals surface area contributed by atoms with Gasteiger partial charge < -0.3 is 9.63 Å². The summed E-state index contributed by atoms with van der Waals surface area (Å²) in [6, 6.07) is 4.05. The molecule has 1 aromatic heterocycles. The average molecular weight is 215 g/mol. The minimum atomic E-state index is -0.597. The van der Waals surface area contributed by atoms with Gasteiger partial charge >= 0.3 is 0 Å². The molecule has 0 saturated heterocycles. The van der Waals surface area contributed by atoms with Crippen molar-refractivity contribution in [3.05, 3.63) is 35.2 Å². The van der Waals surface area contributed by atoms with E-state index in [-0.39, 0.29) is 5.02 Å². The van der Waals surface area contributed by atoms with Crippen molar-refractivity contribution in [2.45, 2.75) is 0 Å². The van der Waals surface area contributed by atoms with E-state index in [4.69, 9.17) is 11.6 Å². The molecule has 0 aliphatic heterocycles. The minimum absolute atomic E-state index is 0.0141. The van der Waals surface area contributed by atoms with Crippen LogP contribution in [0.1, 0.15) is 0 Å². The van der Waals surface area contributed by atoms with E-state index in [2.05, 4.69) is 9.79 Å². The van der Waals surface area contributed by atoms with E-state index >= 15 is 0 Å². The largest absolute Gasteiger partial charge is 0.539 e. The van der Waals surface area contributed by atoms with Crippen molar-refractivity contribution in [1.29, 1.82) is 0 Å². The average Bonchev–Trinajstić information content (AvgIpc) is 2.57. The summed E-state index contributed by atoms with van der Waals surface area (Å²) in [7, 11) is 0. The Balaban J connectivity index is 2.47. The zero-order chi connectivity index (χ0) is 10.1. The second-order valence-corrected chi connectivity index (χ2v) is 2.97. The first-order valence-corrected chi connectivity index (χ1v) is 4.06. The minimum Gasteiger partial charge on any atom is -0.539 e. The van der Waals surface area contributed by atoms with E-state index in [0.717, 1.165) is 16.9 Å². The number of benzene rings is 1. The van der Waals surface area contributed by atoms with Crippen LogP contribution in [0.25, 0.3) is 5.69 Å². The molecule has 2 aromatic rings. The van der Waals surface area contributed by atoms with Crippen LogP contribution in [0.15, 0.2) is 28.9 Å². The lowest BCUT2D eigenvalue weighted by Crippen LogP contribution is -2.31. The standard InChI is InChI=1S/C8H4ClFN2O2/c9-6-2-1-5(3-7(6)10)12-4-8(13)14-11-12/h1-4H. The molecular formula is C8H4ClFN2O2. The molecule has 72 valence electrons. The van der Waals surface area contributed by atoms with Gasteiger partial charge in [-0.25, -0.2) is 4.39 Å². The van der Waals surface area contributed by atoms with Crippen molar-refractivity contribution in [3.8, 4) is 11.6 Å². The Morgan fingerprint density at radius 2 is 2.29 bits per heavy atom. The molecule has 0 N–H and O–H groups in total. The van der Waals surface area contributed by atoms with E-state index < -0.39 is 11.8 Å². The molecule has 1 heterocycles. The lowest BCUT2D eigenvalue weighted by molar-refractivity contribution is -0.670. The Bertz CT molecular complexity index is 472. The van der Waals surface area contributed by atoms with Gasteiger partial charge in [-0.1, -0.05) is 11.6 Å². The summed E-state index contributed by atoms with van der Waals surface area (Å²) in [6.07, 6.45) is 1.10. The van der Waals surface area contributed by atoms with Gasteiger partial charge in [0, 0.05) is 6.07 Å². The quantitative estimate of drug-likeness (QED) is 0.661. The molecule has 4 nitrogen and oxygen atoms in total. The highest BCUT2D eigenvalue weighted by atomic mass is 35.5. The maximum Gasteiger partial charge on any atom is 0.242 e. The van der Waals surface area contributed by atoms with Gasteiger partial charge in [0.25, 0.3) is 0 Å². The van der Waals surface area contributed by atoms with Gasteiger partial charge in [0.05, 0.1) is 16.4 Å². The smallest absolute Gasteiger partial charge is 0.242 e. The highest BCUT2D eigenvalue weighted by molar-refractivity contribution is 6.30. The van der Waals surface area contributed by atoms with Crippen LogP contribution < -0.4 is 9.79 Å². The first-order chi connectivity index (χ1) is 6.66. The summed E-state index contributed by atoms with van der Waals surface area (Å²) in [5.74, 6) is -1.17. The number of hydrogen-bond donors (Lipinski definition) is 0. The summed E-state index contributed by atoms with van der Waals surface area (Å²) in [5.41, 5.74) is 0.373. The van der Waals surface area contributed by atoms with Crippen LogP contribution >= 0.6 is 11.6 Å². The number of hydrogen-bond acceptors (Lipinski definition) is 3. The molecule has 2 rings (SSSR count). The third kappa shape index (κ3) is 1.54. The molecule has 6 heteroatoms. The third-order valence-corrected chi connectivity index (χ3v) is 1.92. The molecule has 0 aliphatic rings. The van der Waals surface area contributed by atoms with Gasteiger partial charge in [-0.05, 0) is 10.7 Å². The molecule has 1 aromatic carbocycles. The fraction of sp³-hybridized carbons (Fsp3) is 0. The maximum absolute atomic E-state index is 13.0. The van der Waals surface area contributed by atoms with Gasteiger partial charge in [-0.2, -0.15) is 0 Å². The van der Waals surface area contributed by atoms with Gasteiger partial charge in [0.15, 0.2) is 0 Å². The Labute approximate surface area is 83.1 Å². The fourth-order valence-corrected chi connectivity index (χ4v) is 1.10. The van der Waals surface area contributed by atoms with Crippen LogP contribution in [0.3, 0.4) is 0 Å². The first-order valence-electron chi connectivity index (χ1n) is 3.68. The Kier molecular flexibility index (Phi) is 2.09. The van der Waals surface area contributed by atoms with Crippen LogP contribution in [0, 0.1) is 5.82 Å². The summed E-state index contributed by atoms with van der Waals surface area (Å²) in [4.78, 5) is 0. The fourth-order valence-electron chi connectivity index (χ4n) is 0.980. The molecular weight excluding hydrogens is 211 g/mol. The topological polar surface area (TPSA) is 53.0 Å². The van der Waals surface area contributed by atoms with Gasteiger partial charge in [-0.15, -0.1) is 0 Å². The summed E-state index contributed by atoms with van der Waals surface area (Å²) >= 11 is 5.48. The summed E-state index contributed by atoms with van der Waals surface area (Å²) < 4.78 is 18.4. The molecule has 0 aliphatic carbocycles. The number of nitrogens with zero attached hydrogens (tertiary/aromatic N) is 2. The van der Waals surface area contributed by atoms with Crippen LogP contribution in [0.4, 0.5) is 4.39 Å². The lowest BCUT2D eigenvalue weighted by Gasteiger charge is -1.92. The normalized spacial score (nSPS) is 10.4. The van der Waals surface area contributed by atoms with Crippen LogP contribution in [0.2, 0.25) is 5.02 Å². The van der Waals surface area contributed by atoms with Gasteiger partial charge in [-0.3, -0.25) is 0 Å². The van der Waals surface area contributed by atoms with E-state index in [1.165, 1.54) is 12.1 Å². The van der Waals surface area contributed by atoms with Crippen molar-refractivity contribution in [2.75, 3.05) is 0 Å². The Hall–Kier alpha value is -1.62. The number of aromatic nitrogens is 2. The van der Waals surface area contributed by atoms with Crippen molar-refractivity contribution in [2.24, 2.45) is 0 Å². The number of halogens is 2. The monoisotopic (exact) mass is 214 g/mol. The third-order valence-electron chi connectivity index (χ3n) is 1.61. The van der Waals surface area contributed by atoms with Crippen LogP contribution in [-0.2, 0) is 0 Å². The highest BCUT2D eigenvalue weighted by Gasteiger charge is 2.11. The number of rotatable bonds is 1. The zero-order valence-corrected chi connectivity index (χ0v) is 7.53. The van der Waals surface area contributed by atoms with Crippen molar-refractivity contribution >= 4 is 11.6 Å². The molecule has 14 heavy (non-hydrogen) atoms. The van der Waals surface area contributed by atoms with Gasteiger partial charge in [0.1, 0.15) is 11.8 Å². The Morgan fingerprint density at radius 1 is 1.50 bits per heavy atom. The molecule has 0 spiro atoms. The molecule has 0 atom stereocenters. The predicted octanol–water partition coefficient (Wildman–Crippen LogP) is 0.817.